The number of benzene rings is 1. The molecular formula is C23H24F3N5O3. The standard InChI is InChI=1S/C23H24F3N5O3/c1-13(14-5-4-6-15(18(14)24)19(25)26)28-20-16-11-31(12-17(16)29-22(27-2)30-20)21(32)23(33-3)7-9-34-10-8-23/h4-6,13,19H,7-12H2,1,3H3,(H,28,29,30)/t13-/m1/s1. The van der Waals surface area contributed by atoms with E-state index in [0.29, 0.717) is 37.3 Å². The van der Waals surface area contributed by atoms with Gasteiger partial charge in [-0.1, -0.05) is 18.2 Å². The topological polar surface area (TPSA) is 80.9 Å². The van der Waals surface area contributed by atoms with Crippen LogP contribution in [0.2, 0.25) is 0 Å². The van der Waals surface area contributed by atoms with Crippen LogP contribution in [0.25, 0.3) is 4.85 Å². The van der Waals surface area contributed by atoms with Crippen LogP contribution in [0.15, 0.2) is 18.2 Å². The highest BCUT2D eigenvalue weighted by atomic mass is 19.3. The van der Waals surface area contributed by atoms with Gasteiger partial charge in [0, 0.05) is 38.7 Å². The highest BCUT2D eigenvalue weighted by Gasteiger charge is 2.45. The number of carbonyl (C=O) groups is 1. The lowest BCUT2D eigenvalue weighted by Crippen LogP contribution is -2.51. The van der Waals surface area contributed by atoms with Crippen LogP contribution in [0, 0.1) is 12.4 Å². The zero-order valence-corrected chi connectivity index (χ0v) is 18.8. The highest BCUT2D eigenvalue weighted by molar-refractivity contribution is 5.86. The Morgan fingerprint density at radius 3 is 2.62 bits per heavy atom. The Morgan fingerprint density at radius 1 is 1.26 bits per heavy atom. The summed E-state index contributed by atoms with van der Waals surface area (Å²) < 4.78 is 51.9. The van der Waals surface area contributed by atoms with E-state index < -0.39 is 29.4 Å². The summed E-state index contributed by atoms with van der Waals surface area (Å²) in [6.07, 6.45) is -2.09. The predicted molar refractivity (Wildman–Crippen MR) is 116 cm³/mol. The fourth-order valence-electron chi connectivity index (χ4n) is 4.40. The van der Waals surface area contributed by atoms with Crippen molar-refractivity contribution in [3.8, 4) is 0 Å². The molecule has 4 rings (SSSR count). The monoisotopic (exact) mass is 475 g/mol. The largest absolute Gasteiger partial charge is 0.394 e. The molecule has 0 saturated carbocycles. The molecule has 1 saturated heterocycles. The lowest BCUT2D eigenvalue weighted by Gasteiger charge is -2.37. The summed E-state index contributed by atoms with van der Waals surface area (Å²) in [5, 5.41) is 3.03. The zero-order valence-electron chi connectivity index (χ0n) is 18.8. The van der Waals surface area contributed by atoms with E-state index >= 15 is 0 Å². The van der Waals surface area contributed by atoms with Crippen LogP contribution < -0.4 is 5.32 Å². The molecule has 180 valence electrons. The van der Waals surface area contributed by atoms with Crippen LogP contribution >= 0.6 is 0 Å². The van der Waals surface area contributed by atoms with Gasteiger partial charge in [-0.05, 0) is 6.92 Å². The van der Waals surface area contributed by atoms with E-state index in [4.69, 9.17) is 16.0 Å². The minimum atomic E-state index is -2.94. The number of halogens is 3. The number of methoxy groups -OCH3 is 1. The Kier molecular flexibility index (Phi) is 6.72. The number of alkyl halides is 2. The van der Waals surface area contributed by atoms with Crippen molar-refractivity contribution in [1.82, 2.24) is 14.9 Å². The highest BCUT2D eigenvalue weighted by Crippen LogP contribution is 2.36. The van der Waals surface area contributed by atoms with Gasteiger partial charge in [-0.3, -0.25) is 4.79 Å². The van der Waals surface area contributed by atoms with Crippen molar-refractivity contribution in [3.05, 3.63) is 57.8 Å². The molecular weight excluding hydrogens is 451 g/mol. The van der Waals surface area contributed by atoms with E-state index in [9.17, 15) is 18.0 Å². The van der Waals surface area contributed by atoms with Crippen LogP contribution in [0.5, 0.6) is 0 Å². The average Bonchev–Trinajstić information content (AvgIpc) is 3.28. The van der Waals surface area contributed by atoms with Crippen LogP contribution in [0.3, 0.4) is 0 Å². The first kappa shape index (κ1) is 23.9. The van der Waals surface area contributed by atoms with Gasteiger partial charge in [-0.15, -0.1) is 11.6 Å². The first-order chi connectivity index (χ1) is 16.3. The molecule has 2 aliphatic rings. The van der Waals surface area contributed by atoms with E-state index in [1.54, 1.807) is 11.8 Å². The number of amides is 1. The number of ether oxygens (including phenoxy) is 2. The molecule has 1 N–H and O–H groups in total. The average molecular weight is 475 g/mol. The molecule has 3 heterocycles. The Hall–Kier alpha value is -3.23. The number of nitrogens with zero attached hydrogens (tertiary/aromatic N) is 4. The smallest absolute Gasteiger partial charge is 0.373 e. The summed E-state index contributed by atoms with van der Waals surface area (Å²) in [6.45, 7) is 10.1. The van der Waals surface area contributed by atoms with Crippen LogP contribution in [0.1, 0.15) is 54.6 Å². The minimum absolute atomic E-state index is 0.0426. The summed E-state index contributed by atoms with van der Waals surface area (Å²) >= 11 is 0. The normalized spacial score (nSPS) is 17.9. The second-order valence-electron chi connectivity index (χ2n) is 8.30. The summed E-state index contributed by atoms with van der Waals surface area (Å²) in [4.78, 5) is 26.7. The number of anilines is 1. The van der Waals surface area contributed by atoms with Gasteiger partial charge in [0.05, 0.1) is 30.3 Å². The van der Waals surface area contributed by atoms with Crippen molar-refractivity contribution in [3.63, 3.8) is 0 Å². The molecule has 1 atom stereocenters. The van der Waals surface area contributed by atoms with Crippen LogP contribution in [-0.4, -0.2) is 46.7 Å². The molecule has 0 unspecified atom stereocenters. The quantitative estimate of drug-likeness (QED) is 0.627. The molecule has 1 aromatic heterocycles. The van der Waals surface area contributed by atoms with Gasteiger partial charge >= 0.3 is 5.95 Å². The lowest BCUT2D eigenvalue weighted by molar-refractivity contribution is -0.167. The predicted octanol–water partition coefficient (Wildman–Crippen LogP) is 4.31. The van der Waals surface area contributed by atoms with Crippen molar-refractivity contribution in [2.24, 2.45) is 0 Å². The molecule has 11 heteroatoms. The third-order valence-electron chi connectivity index (χ3n) is 6.35. The number of fused-ring (bicyclic) bond motifs is 1. The maximum absolute atomic E-state index is 14.7. The molecule has 1 fully saturated rings. The fourth-order valence-corrected chi connectivity index (χ4v) is 4.40. The van der Waals surface area contributed by atoms with Gasteiger partial charge in [0.25, 0.3) is 12.3 Å². The molecule has 8 nitrogen and oxygen atoms in total. The fraction of sp³-hybridized carbons (Fsp3) is 0.478. The molecule has 0 aliphatic carbocycles. The Balaban J connectivity index is 1.62. The second-order valence-corrected chi connectivity index (χ2v) is 8.30. The molecule has 2 aliphatic heterocycles. The number of hydrogen-bond donors (Lipinski definition) is 1. The summed E-state index contributed by atoms with van der Waals surface area (Å²) in [5.41, 5.74) is -0.531. The molecule has 34 heavy (non-hydrogen) atoms. The molecule has 1 amide bonds. The molecule has 0 radical (unpaired) electrons. The van der Waals surface area contributed by atoms with Gasteiger partial charge < -0.3 is 24.5 Å². The minimum Gasteiger partial charge on any atom is -0.394 e. The first-order valence-corrected chi connectivity index (χ1v) is 10.8. The molecule has 0 bridgehead atoms. The van der Waals surface area contributed by atoms with Gasteiger partial charge in [0.2, 0.25) is 0 Å². The van der Waals surface area contributed by atoms with Gasteiger partial charge in [0.1, 0.15) is 11.5 Å². The van der Waals surface area contributed by atoms with E-state index in [1.807, 2.05) is 0 Å². The van der Waals surface area contributed by atoms with E-state index in [2.05, 4.69) is 20.1 Å². The van der Waals surface area contributed by atoms with Gasteiger partial charge in [-0.25, -0.2) is 13.2 Å². The summed E-state index contributed by atoms with van der Waals surface area (Å²) in [6, 6.07) is 3.09. The summed E-state index contributed by atoms with van der Waals surface area (Å²) in [7, 11) is 1.50. The SMILES string of the molecule is [C-]#[N+]c1nc2c(c(N[C@H](C)c3cccc(C(F)F)c3F)n1)CN(C(=O)C1(OC)CCOCC1)C2. The first-order valence-electron chi connectivity index (χ1n) is 10.8. The number of aromatic nitrogens is 2. The molecule has 0 spiro atoms. The van der Waals surface area contributed by atoms with Gasteiger partial charge in [0.15, 0.2) is 11.4 Å². The Morgan fingerprint density at radius 2 is 1.97 bits per heavy atom. The maximum Gasteiger partial charge on any atom is 0.373 e. The lowest BCUT2D eigenvalue weighted by atomic mass is 9.92. The van der Waals surface area contributed by atoms with Gasteiger partial charge in [-0.2, -0.15) is 4.98 Å². The van der Waals surface area contributed by atoms with Crippen molar-refractivity contribution >= 4 is 17.7 Å². The van der Waals surface area contributed by atoms with Crippen LogP contribution in [0.4, 0.5) is 24.9 Å². The Bertz CT molecular complexity index is 1130. The third kappa shape index (κ3) is 4.31. The second kappa shape index (κ2) is 9.56. The van der Waals surface area contributed by atoms with Crippen LogP contribution in [-0.2, 0) is 27.4 Å². The van der Waals surface area contributed by atoms with Crippen molar-refractivity contribution in [2.45, 2.75) is 50.9 Å². The number of carbonyl (C=O) groups excluding carboxylic acids is 1. The van der Waals surface area contributed by atoms with Crippen molar-refractivity contribution in [2.75, 3.05) is 25.6 Å². The number of nitrogens with one attached hydrogen (secondary N) is 1. The molecule has 1 aromatic carbocycles. The van der Waals surface area contributed by atoms with Crippen molar-refractivity contribution in [1.29, 1.82) is 0 Å². The number of hydrogen-bond acceptors (Lipinski definition) is 6. The Labute approximate surface area is 194 Å². The van der Waals surface area contributed by atoms with E-state index in [-0.39, 0.29) is 36.3 Å². The zero-order chi connectivity index (χ0) is 24.5. The summed E-state index contributed by atoms with van der Waals surface area (Å²) in [5.74, 6) is -1.06. The third-order valence-corrected chi connectivity index (χ3v) is 6.35. The van der Waals surface area contributed by atoms with E-state index in [0.717, 1.165) is 6.07 Å². The maximum atomic E-state index is 14.7. The number of rotatable bonds is 6. The van der Waals surface area contributed by atoms with Crippen molar-refractivity contribution < 1.29 is 27.4 Å². The molecule has 2 aromatic rings. The van der Waals surface area contributed by atoms with E-state index in [1.165, 1.54) is 19.2 Å².